The van der Waals surface area contributed by atoms with Crippen molar-refractivity contribution >= 4 is 5.82 Å². The van der Waals surface area contributed by atoms with Crippen LogP contribution in [0.1, 0.15) is 35.6 Å². The van der Waals surface area contributed by atoms with Crippen molar-refractivity contribution in [3.8, 4) is 22.9 Å². The molecule has 8 nitrogen and oxygen atoms in total. The molecule has 0 amide bonds. The van der Waals surface area contributed by atoms with Crippen LogP contribution in [0.3, 0.4) is 0 Å². The van der Waals surface area contributed by atoms with Crippen LogP contribution in [0.2, 0.25) is 0 Å². The van der Waals surface area contributed by atoms with Gasteiger partial charge in [0.2, 0.25) is 0 Å². The molecule has 0 bridgehead atoms. The molecule has 1 saturated heterocycles. The van der Waals surface area contributed by atoms with E-state index in [0.29, 0.717) is 24.0 Å². The van der Waals surface area contributed by atoms with Gasteiger partial charge in [0.05, 0.1) is 30.3 Å². The maximum atomic E-state index is 6.04. The molecule has 158 valence electrons. The van der Waals surface area contributed by atoms with Crippen LogP contribution >= 0.6 is 0 Å². The molecule has 0 radical (unpaired) electrons. The van der Waals surface area contributed by atoms with Crippen molar-refractivity contribution in [3.05, 3.63) is 47.4 Å². The van der Waals surface area contributed by atoms with E-state index in [1.54, 1.807) is 12.4 Å². The Morgan fingerprint density at radius 2 is 1.83 bits per heavy atom. The maximum absolute atomic E-state index is 6.04. The largest absolute Gasteiger partial charge is 0.433 e. The first-order chi connectivity index (χ1) is 14.4. The number of likely N-dealkylation sites (tertiary alicyclic amines) is 1. The Morgan fingerprint density at radius 3 is 2.50 bits per heavy atom. The Kier molecular flexibility index (Phi) is 5.69. The molecule has 1 aliphatic rings. The summed E-state index contributed by atoms with van der Waals surface area (Å²) in [6, 6.07) is 4.52. The van der Waals surface area contributed by atoms with Gasteiger partial charge in [0, 0.05) is 12.1 Å². The molecule has 3 heterocycles. The average molecular weight is 408 g/mol. The minimum absolute atomic E-state index is 0.248. The molecule has 4 rings (SSSR count). The average Bonchev–Trinajstić information content (AvgIpc) is 3.18. The number of rotatable bonds is 5. The molecule has 30 heavy (non-hydrogen) atoms. The van der Waals surface area contributed by atoms with Crippen LogP contribution in [-0.2, 0) is 6.54 Å². The predicted octanol–water partition coefficient (Wildman–Crippen LogP) is 3.06. The van der Waals surface area contributed by atoms with E-state index in [0.717, 1.165) is 48.2 Å². The first-order valence-electron chi connectivity index (χ1n) is 10.3. The second-order valence-electron chi connectivity index (χ2n) is 8.03. The van der Waals surface area contributed by atoms with Gasteiger partial charge in [0.1, 0.15) is 0 Å². The Labute approximate surface area is 176 Å². The van der Waals surface area contributed by atoms with Crippen LogP contribution in [-0.4, -0.2) is 44.8 Å². The zero-order valence-corrected chi connectivity index (χ0v) is 17.8. The topological polar surface area (TPSA) is 108 Å². The Hall–Kier alpha value is -2.97. The van der Waals surface area contributed by atoms with Crippen molar-refractivity contribution in [2.75, 3.05) is 25.9 Å². The fourth-order valence-corrected chi connectivity index (χ4v) is 4.00. The number of piperidine rings is 1. The number of benzene rings is 1. The standard InChI is InChI=1S/C22H29N7O/c1-14-8-16(9-15(2)19(14)10-23)20-12-25-21(24)22(27-20)30-18-11-26-29(13-18)17-4-6-28(3)7-5-17/h8-9,11-13,17H,4-7,10,23H2,1-3H3,(H2,24,25). The number of nitrogen functional groups attached to an aromatic ring is 1. The van der Waals surface area contributed by atoms with Crippen LogP contribution in [0, 0.1) is 13.8 Å². The first-order valence-corrected chi connectivity index (χ1v) is 10.3. The lowest BCUT2D eigenvalue weighted by molar-refractivity contribution is 0.212. The van der Waals surface area contributed by atoms with Gasteiger partial charge in [-0.1, -0.05) is 0 Å². The molecule has 3 aromatic rings. The number of aromatic nitrogens is 4. The summed E-state index contributed by atoms with van der Waals surface area (Å²) in [5.74, 6) is 1.14. The number of anilines is 1. The fourth-order valence-electron chi connectivity index (χ4n) is 4.00. The van der Waals surface area contributed by atoms with Crippen LogP contribution in [0.15, 0.2) is 30.7 Å². The number of hydrogen-bond acceptors (Lipinski definition) is 7. The summed E-state index contributed by atoms with van der Waals surface area (Å²) in [5.41, 5.74) is 17.0. The smallest absolute Gasteiger partial charge is 0.263 e. The lowest BCUT2D eigenvalue weighted by atomic mass is 9.98. The van der Waals surface area contributed by atoms with Crippen LogP contribution in [0.5, 0.6) is 11.6 Å². The zero-order valence-electron chi connectivity index (χ0n) is 17.8. The van der Waals surface area contributed by atoms with Crippen molar-refractivity contribution in [1.82, 2.24) is 24.6 Å². The summed E-state index contributed by atoms with van der Waals surface area (Å²) in [6.45, 7) is 6.77. The van der Waals surface area contributed by atoms with Crippen LogP contribution in [0.25, 0.3) is 11.3 Å². The quantitative estimate of drug-likeness (QED) is 0.669. The van der Waals surface area contributed by atoms with Crippen molar-refractivity contribution in [2.45, 2.75) is 39.3 Å². The van der Waals surface area contributed by atoms with E-state index in [2.05, 4.69) is 53.0 Å². The van der Waals surface area contributed by atoms with Crippen LogP contribution in [0.4, 0.5) is 5.82 Å². The highest BCUT2D eigenvalue weighted by Crippen LogP contribution is 2.30. The minimum atomic E-state index is 0.248. The van der Waals surface area contributed by atoms with E-state index in [9.17, 15) is 0 Å². The fraction of sp³-hybridized carbons (Fsp3) is 0.409. The van der Waals surface area contributed by atoms with Gasteiger partial charge in [0.15, 0.2) is 11.6 Å². The molecule has 0 saturated carbocycles. The van der Waals surface area contributed by atoms with E-state index < -0.39 is 0 Å². The Balaban J connectivity index is 1.56. The van der Waals surface area contributed by atoms with Gasteiger partial charge < -0.3 is 21.1 Å². The van der Waals surface area contributed by atoms with Gasteiger partial charge in [-0.15, -0.1) is 0 Å². The van der Waals surface area contributed by atoms with Crippen molar-refractivity contribution < 1.29 is 4.74 Å². The highest BCUT2D eigenvalue weighted by atomic mass is 16.5. The Bertz CT molecular complexity index is 1010. The molecular weight excluding hydrogens is 378 g/mol. The molecule has 0 atom stereocenters. The van der Waals surface area contributed by atoms with Gasteiger partial charge in [-0.2, -0.15) is 5.10 Å². The van der Waals surface area contributed by atoms with E-state index in [4.69, 9.17) is 16.2 Å². The van der Waals surface area contributed by atoms with Crippen LogP contribution < -0.4 is 16.2 Å². The molecule has 4 N–H and O–H groups in total. The number of aryl methyl sites for hydroxylation is 2. The molecule has 1 aliphatic heterocycles. The lowest BCUT2D eigenvalue weighted by Gasteiger charge is -2.28. The van der Waals surface area contributed by atoms with E-state index in [1.165, 1.54) is 0 Å². The molecule has 1 aromatic carbocycles. The highest BCUT2D eigenvalue weighted by Gasteiger charge is 2.20. The zero-order chi connectivity index (χ0) is 21.3. The summed E-state index contributed by atoms with van der Waals surface area (Å²) >= 11 is 0. The van der Waals surface area contributed by atoms with Crippen molar-refractivity contribution in [1.29, 1.82) is 0 Å². The summed E-state index contributed by atoms with van der Waals surface area (Å²) in [6.07, 6.45) is 7.43. The third-order valence-corrected chi connectivity index (χ3v) is 5.82. The summed E-state index contributed by atoms with van der Waals surface area (Å²) in [5, 5.41) is 4.49. The van der Waals surface area contributed by atoms with E-state index >= 15 is 0 Å². The van der Waals surface area contributed by atoms with E-state index in [1.807, 2.05) is 10.9 Å². The predicted molar refractivity (Wildman–Crippen MR) is 117 cm³/mol. The number of ether oxygens (including phenoxy) is 1. The minimum Gasteiger partial charge on any atom is -0.433 e. The number of nitrogens with two attached hydrogens (primary N) is 2. The van der Waals surface area contributed by atoms with Gasteiger partial charge in [-0.3, -0.25) is 4.68 Å². The molecule has 0 unspecified atom stereocenters. The first kappa shape index (κ1) is 20.3. The van der Waals surface area contributed by atoms with Gasteiger partial charge in [-0.05, 0) is 75.6 Å². The van der Waals surface area contributed by atoms with Crippen molar-refractivity contribution in [3.63, 3.8) is 0 Å². The SMILES string of the molecule is Cc1cc(-c2cnc(N)c(Oc3cnn(C4CCN(C)CC4)c3)n2)cc(C)c1CN. The van der Waals surface area contributed by atoms with Gasteiger partial charge in [0.25, 0.3) is 5.88 Å². The monoisotopic (exact) mass is 407 g/mol. The molecule has 2 aromatic heterocycles. The molecule has 0 spiro atoms. The molecule has 0 aliphatic carbocycles. The molecule has 1 fully saturated rings. The van der Waals surface area contributed by atoms with Crippen molar-refractivity contribution in [2.24, 2.45) is 5.73 Å². The number of hydrogen-bond donors (Lipinski definition) is 2. The Morgan fingerprint density at radius 1 is 1.13 bits per heavy atom. The highest BCUT2D eigenvalue weighted by molar-refractivity contribution is 5.64. The van der Waals surface area contributed by atoms with Gasteiger partial charge in [-0.25, -0.2) is 9.97 Å². The third kappa shape index (κ3) is 4.15. The lowest BCUT2D eigenvalue weighted by Crippen LogP contribution is -2.31. The molecule has 8 heteroatoms. The second-order valence-corrected chi connectivity index (χ2v) is 8.03. The molecular formula is C22H29N7O. The maximum Gasteiger partial charge on any atom is 0.263 e. The number of nitrogens with zero attached hydrogens (tertiary/aromatic N) is 5. The van der Waals surface area contributed by atoms with Gasteiger partial charge >= 0.3 is 0 Å². The summed E-state index contributed by atoms with van der Waals surface area (Å²) < 4.78 is 7.94. The second kappa shape index (κ2) is 8.41. The third-order valence-electron chi connectivity index (χ3n) is 5.82. The summed E-state index contributed by atoms with van der Waals surface area (Å²) in [7, 11) is 2.15. The normalized spacial score (nSPS) is 15.5. The van der Waals surface area contributed by atoms with E-state index in [-0.39, 0.29) is 11.7 Å². The summed E-state index contributed by atoms with van der Waals surface area (Å²) in [4.78, 5) is 11.2.